The van der Waals surface area contributed by atoms with E-state index >= 15 is 0 Å². The standard InChI is InChI=1S/C13H11NO4S2/c1-8(5-9-3-2-4-18-9)6-10-12(17)14(7-11(15)16)13(19)20-10/h2-6H,7H2,1H3,(H,15,16). The molecule has 7 heteroatoms. The van der Waals surface area contributed by atoms with Gasteiger partial charge in [0.1, 0.15) is 16.6 Å². The second-order valence-corrected chi connectivity index (χ2v) is 5.74. The Kier molecular flexibility index (Phi) is 4.41. The van der Waals surface area contributed by atoms with Crippen LogP contribution in [0.25, 0.3) is 6.08 Å². The molecule has 1 aromatic heterocycles. The minimum atomic E-state index is -1.09. The van der Waals surface area contributed by atoms with Crippen molar-refractivity contribution in [2.45, 2.75) is 6.92 Å². The fourth-order valence-electron chi connectivity index (χ4n) is 1.62. The Morgan fingerprint density at radius 2 is 2.35 bits per heavy atom. The van der Waals surface area contributed by atoms with E-state index in [0.29, 0.717) is 10.7 Å². The summed E-state index contributed by atoms with van der Waals surface area (Å²) in [7, 11) is 0. The molecule has 1 aliphatic rings. The molecule has 0 aromatic carbocycles. The molecule has 104 valence electrons. The zero-order valence-corrected chi connectivity index (χ0v) is 12.2. The Morgan fingerprint density at radius 1 is 1.60 bits per heavy atom. The van der Waals surface area contributed by atoms with E-state index in [-0.39, 0.29) is 10.2 Å². The number of aliphatic carboxylic acids is 1. The van der Waals surface area contributed by atoms with Crippen LogP contribution in [0.5, 0.6) is 0 Å². The van der Waals surface area contributed by atoms with Gasteiger partial charge in [-0.15, -0.1) is 0 Å². The number of amides is 1. The molecule has 1 aliphatic heterocycles. The number of hydrogen-bond acceptors (Lipinski definition) is 5. The second kappa shape index (κ2) is 6.06. The molecule has 1 fully saturated rings. The predicted molar refractivity (Wildman–Crippen MR) is 80.0 cm³/mol. The monoisotopic (exact) mass is 309 g/mol. The second-order valence-electron chi connectivity index (χ2n) is 4.07. The SMILES string of the molecule is CC(=Cc1ccco1)C=C1SC(=S)N(CC(=O)O)C1=O. The van der Waals surface area contributed by atoms with E-state index in [1.807, 2.05) is 6.92 Å². The average Bonchev–Trinajstić information content (AvgIpc) is 2.93. The Hall–Kier alpha value is -1.86. The van der Waals surface area contributed by atoms with Gasteiger partial charge < -0.3 is 9.52 Å². The molecule has 0 spiro atoms. The fraction of sp³-hybridized carbons (Fsp3) is 0.154. The molecule has 1 N–H and O–H groups in total. The lowest BCUT2D eigenvalue weighted by atomic mass is 10.2. The summed E-state index contributed by atoms with van der Waals surface area (Å²) < 4.78 is 5.44. The smallest absolute Gasteiger partial charge is 0.323 e. The zero-order valence-electron chi connectivity index (χ0n) is 10.5. The topological polar surface area (TPSA) is 70.8 Å². The molecule has 1 saturated heterocycles. The Labute approximate surface area is 124 Å². The van der Waals surface area contributed by atoms with Gasteiger partial charge in [-0.25, -0.2) is 0 Å². The summed E-state index contributed by atoms with van der Waals surface area (Å²) >= 11 is 6.11. The summed E-state index contributed by atoms with van der Waals surface area (Å²) in [4.78, 5) is 24.2. The number of thioether (sulfide) groups is 1. The third kappa shape index (κ3) is 3.37. The molecule has 0 bridgehead atoms. The maximum Gasteiger partial charge on any atom is 0.323 e. The number of thiocarbonyl (C=S) groups is 1. The van der Waals surface area contributed by atoms with Crippen molar-refractivity contribution in [3.63, 3.8) is 0 Å². The fourth-order valence-corrected chi connectivity index (χ4v) is 2.92. The van der Waals surface area contributed by atoms with Gasteiger partial charge in [0.15, 0.2) is 0 Å². The van der Waals surface area contributed by atoms with Crippen LogP contribution in [0, 0.1) is 0 Å². The van der Waals surface area contributed by atoms with E-state index in [2.05, 4.69) is 0 Å². The van der Waals surface area contributed by atoms with E-state index in [9.17, 15) is 9.59 Å². The highest BCUT2D eigenvalue weighted by molar-refractivity contribution is 8.26. The Balaban J connectivity index is 2.17. The van der Waals surface area contributed by atoms with Crippen molar-refractivity contribution in [2.24, 2.45) is 0 Å². The molecule has 5 nitrogen and oxygen atoms in total. The zero-order chi connectivity index (χ0) is 14.7. The van der Waals surface area contributed by atoms with Gasteiger partial charge in [-0.3, -0.25) is 14.5 Å². The maximum atomic E-state index is 12.0. The third-order valence-electron chi connectivity index (χ3n) is 2.44. The van der Waals surface area contributed by atoms with Gasteiger partial charge in [0.05, 0.1) is 11.2 Å². The number of carboxylic acid groups (broad SMARTS) is 1. The van der Waals surface area contributed by atoms with Crippen LogP contribution >= 0.6 is 24.0 Å². The molecule has 0 atom stereocenters. The normalized spacial score (nSPS) is 18.1. The molecule has 1 aromatic rings. The number of furan rings is 1. The van der Waals surface area contributed by atoms with Gasteiger partial charge in [0.25, 0.3) is 5.91 Å². The number of carbonyl (C=O) groups excluding carboxylic acids is 1. The molecular weight excluding hydrogens is 298 g/mol. The van der Waals surface area contributed by atoms with Crippen molar-refractivity contribution in [3.8, 4) is 0 Å². The van der Waals surface area contributed by atoms with Crippen molar-refractivity contribution < 1.29 is 19.1 Å². The molecule has 1 amide bonds. The molecule has 2 heterocycles. The lowest BCUT2D eigenvalue weighted by Crippen LogP contribution is -2.33. The maximum absolute atomic E-state index is 12.0. The summed E-state index contributed by atoms with van der Waals surface area (Å²) in [5.74, 6) is -0.792. The summed E-state index contributed by atoms with van der Waals surface area (Å²) in [6, 6.07) is 3.57. The minimum absolute atomic E-state index is 0.259. The van der Waals surface area contributed by atoms with Crippen LogP contribution in [-0.2, 0) is 9.59 Å². The summed E-state index contributed by atoms with van der Waals surface area (Å²) in [6.07, 6.45) is 5.01. The highest BCUT2D eigenvalue weighted by Crippen LogP contribution is 2.31. The number of allylic oxidation sites excluding steroid dienone is 2. The first-order valence-corrected chi connectivity index (χ1v) is 6.89. The number of carbonyl (C=O) groups is 2. The lowest BCUT2D eigenvalue weighted by molar-refractivity contribution is -0.140. The number of carboxylic acids is 1. The first-order valence-electron chi connectivity index (χ1n) is 5.66. The van der Waals surface area contributed by atoms with Gasteiger partial charge in [0.2, 0.25) is 0 Å². The number of hydrogen-bond donors (Lipinski definition) is 1. The van der Waals surface area contributed by atoms with Gasteiger partial charge in [-0.05, 0) is 36.8 Å². The van der Waals surface area contributed by atoms with Gasteiger partial charge in [-0.1, -0.05) is 24.0 Å². The van der Waals surface area contributed by atoms with Crippen LogP contribution in [-0.4, -0.2) is 32.7 Å². The van der Waals surface area contributed by atoms with Gasteiger partial charge in [0, 0.05) is 0 Å². The van der Waals surface area contributed by atoms with E-state index in [4.69, 9.17) is 21.7 Å². The Bertz CT molecular complexity index is 616. The molecule has 0 saturated carbocycles. The molecule has 20 heavy (non-hydrogen) atoms. The molecular formula is C13H11NO4S2. The van der Waals surface area contributed by atoms with Crippen molar-refractivity contribution in [1.82, 2.24) is 4.90 Å². The van der Waals surface area contributed by atoms with Crippen molar-refractivity contribution >= 4 is 46.3 Å². The summed E-state index contributed by atoms with van der Waals surface area (Å²) in [5, 5.41) is 8.74. The van der Waals surface area contributed by atoms with Gasteiger partial charge in [-0.2, -0.15) is 0 Å². The molecule has 2 rings (SSSR count). The van der Waals surface area contributed by atoms with E-state index in [1.165, 1.54) is 0 Å². The van der Waals surface area contributed by atoms with E-state index in [0.717, 1.165) is 22.2 Å². The van der Waals surface area contributed by atoms with Crippen LogP contribution in [0.2, 0.25) is 0 Å². The molecule has 0 unspecified atom stereocenters. The minimum Gasteiger partial charge on any atom is -0.480 e. The number of nitrogens with zero attached hydrogens (tertiary/aromatic N) is 1. The van der Waals surface area contributed by atoms with Crippen LogP contribution in [0.4, 0.5) is 0 Å². The van der Waals surface area contributed by atoms with Crippen LogP contribution in [0.1, 0.15) is 12.7 Å². The van der Waals surface area contributed by atoms with Crippen molar-refractivity contribution in [3.05, 3.63) is 40.7 Å². The summed E-state index contributed by atoms with van der Waals surface area (Å²) in [5.41, 5.74) is 0.816. The first-order chi connectivity index (χ1) is 9.47. The van der Waals surface area contributed by atoms with Crippen LogP contribution < -0.4 is 0 Å². The van der Waals surface area contributed by atoms with Crippen LogP contribution in [0.3, 0.4) is 0 Å². The Morgan fingerprint density at radius 3 is 2.95 bits per heavy atom. The number of rotatable bonds is 4. The van der Waals surface area contributed by atoms with Crippen molar-refractivity contribution in [1.29, 1.82) is 0 Å². The predicted octanol–water partition coefficient (Wildman–Crippen LogP) is 2.51. The largest absolute Gasteiger partial charge is 0.480 e. The molecule has 0 aliphatic carbocycles. The van der Waals surface area contributed by atoms with Crippen LogP contribution in [0.15, 0.2) is 39.4 Å². The van der Waals surface area contributed by atoms with Crippen molar-refractivity contribution in [2.75, 3.05) is 6.54 Å². The third-order valence-corrected chi connectivity index (χ3v) is 3.82. The van der Waals surface area contributed by atoms with E-state index in [1.54, 1.807) is 30.5 Å². The quantitative estimate of drug-likeness (QED) is 0.681. The first kappa shape index (κ1) is 14.5. The van der Waals surface area contributed by atoms with Gasteiger partial charge >= 0.3 is 5.97 Å². The van der Waals surface area contributed by atoms with E-state index < -0.39 is 12.5 Å². The highest BCUT2D eigenvalue weighted by atomic mass is 32.2. The average molecular weight is 309 g/mol. The summed E-state index contributed by atoms with van der Waals surface area (Å²) in [6.45, 7) is 1.41. The highest BCUT2D eigenvalue weighted by Gasteiger charge is 2.33. The molecule has 0 radical (unpaired) electrons. The lowest BCUT2D eigenvalue weighted by Gasteiger charge is -2.10.